The first kappa shape index (κ1) is 10.6. The third-order valence-electron chi connectivity index (χ3n) is 2.59. The van der Waals surface area contributed by atoms with Crippen LogP contribution in [0, 0.1) is 5.92 Å². The van der Waals surface area contributed by atoms with E-state index in [0.717, 1.165) is 5.92 Å². The summed E-state index contributed by atoms with van der Waals surface area (Å²) in [6.45, 7) is 0. The lowest BCUT2D eigenvalue weighted by atomic mass is 9.91. The normalized spacial score (nSPS) is 25.2. The Bertz CT molecular complexity index is 153. The number of hydrogen-bond donors (Lipinski definition) is 0. The van der Waals surface area contributed by atoms with Crippen LogP contribution in [0.1, 0.15) is 32.1 Å². The molecule has 0 saturated heterocycles. The highest BCUT2D eigenvalue weighted by Crippen LogP contribution is 2.32. The van der Waals surface area contributed by atoms with Gasteiger partial charge in [0.25, 0.3) is 0 Å². The first-order valence-corrected chi connectivity index (χ1v) is 7.51. The lowest BCUT2D eigenvalue weighted by Crippen LogP contribution is -2.23. The Kier molecular flexibility index (Phi) is 4.65. The van der Waals surface area contributed by atoms with Crippen molar-refractivity contribution in [2.45, 2.75) is 36.7 Å². The molecular formula is C9H18OS2. The Hall–Kier alpha value is 0.500. The fourth-order valence-corrected chi connectivity index (χ4v) is 4.56. The van der Waals surface area contributed by atoms with Gasteiger partial charge in [-0.3, -0.25) is 4.21 Å². The Morgan fingerprint density at radius 3 is 2.33 bits per heavy atom. The molecule has 0 aromatic heterocycles. The van der Waals surface area contributed by atoms with Crippen LogP contribution >= 0.6 is 11.8 Å². The molecule has 72 valence electrons. The topological polar surface area (TPSA) is 17.1 Å². The highest BCUT2D eigenvalue weighted by Gasteiger charge is 2.25. The smallest absolute Gasteiger partial charge is 0.0823 e. The Labute approximate surface area is 82.2 Å². The minimum atomic E-state index is -0.638. The van der Waals surface area contributed by atoms with Crippen molar-refractivity contribution in [3.05, 3.63) is 0 Å². The van der Waals surface area contributed by atoms with Gasteiger partial charge >= 0.3 is 0 Å². The van der Waals surface area contributed by atoms with Crippen molar-refractivity contribution in [2.24, 2.45) is 5.92 Å². The summed E-state index contributed by atoms with van der Waals surface area (Å²) >= 11 is 1.78. The molecule has 3 heteroatoms. The molecular weight excluding hydrogens is 188 g/mol. The molecule has 1 nitrogen and oxygen atoms in total. The molecule has 12 heavy (non-hydrogen) atoms. The summed E-state index contributed by atoms with van der Waals surface area (Å²) in [5.41, 5.74) is 0. The van der Waals surface area contributed by atoms with Crippen LogP contribution in [0.25, 0.3) is 0 Å². The molecule has 1 aliphatic carbocycles. The van der Waals surface area contributed by atoms with Crippen LogP contribution in [-0.2, 0) is 10.8 Å². The van der Waals surface area contributed by atoms with Crippen molar-refractivity contribution in [3.63, 3.8) is 0 Å². The van der Waals surface area contributed by atoms with Crippen LogP contribution in [-0.4, -0.2) is 21.3 Å². The lowest BCUT2D eigenvalue weighted by Gasteiger charge is -2.27. The van der Waals surface area contributed by atoms with E-state index in [4.69, 9.17) is 0 Å². The summed E-state index contributed by atoms with van der Waals surface area (Å²) in [6.07, 6.45) is 10.6. The van der Waals surface area contributed by atoms with Gasteiger partial charge in [0.1, 0.15) is 0 Å². The first-order valence-electron chi connectivity index (χ1n) is 4.60. The molecule has 0 N–H and O–H groups in total. The number of thioether (sulfide) groups is 1. The van der Waals surface area contributed by atoms with Crippen LogP contribution in [0.2, 0.25) is 0 Å². The molecule has 0 aliphatic heterocycles. The second-order valence-corrected chi connectivity index (χ2v) is 6.28. The SMILES string of the molecule is CS[C@H](C1CCCCC1)S(C)=O. The predicted octanol–water partition coefficient (Wildman–Crippen LogP) is 2.63. The van der Waals surface area contributed by atoms with Crippen molar-refractivity contribution >= 4 is 22.6 Å². The zero-order chi connectivity index (χ0) is 8.97. The summed E-state index contributed by atoms with van der Waals surface area (Å²) < 4.78 is 11.8. The van der Waals surface area contributed by atoms with E-state index in [2.05, 4.69) is 6.26 Å². The third-order valence-corrected chi connectivity index (χ3v) is 5.87. The minimum absolute atomic E-state index is 0.394. The third kappa shape index (κ3) is 2.77. The van der Waals surface area contributed by atoms with Crippen molar-refractivity contribution in [2.75, 3.05) is 12.5 Å². The van der Waals surface area contributed by atoms with Gasteiger partial charge in [-0.05, 0) is 25.0 Å². The Morgan fingerprint density at radius 1 is 1.33 bits per heavy atom. The molecule has 0 aromatic carbocycles. The van der Waals surface area contributed by atoms with Crippen molar-refractivity contribution in [1.82, 2.24) is 0 Å². The second kappa shape index (κ2) is 5.28. The van der Waals surface area contributed by atoms with Crippen LogP contribution in [0.15, 0.2) is 0 Å². The maximum Gasteiger partial charge on any atom is 0.0823 e. The van der Waals surface area contributed by atoms with Crippen LogP contribution < -0.4 is 0 Å². The van der Waals surface area contributed by atoms with Gasteiger partial charge in [0.2, 0.25) is 0 Å². The molecule has 1 saturated carbocycles. The summed E-state index contributed by atoms with van der Waals surface area (Å²) in [6, 6.07) is 0. The highest BCUT2D eigenvalue weighted by molar-refractivity contribution is 8.10. The van der Waals surface area contributed by atoms with Gasteiger partial charge < -0.3 is 0 Å². The van der Waals surface area contributed by atoms with E-state index in [1.54, 1.807) is 11.8 Å². The monoisotopic (exact) mass is 206 g/mol. The molecule has 0 amide bonds. The quantitative estimate of drug-likeness (QED) is 0.706. The molecule has 0 aromatic rings. The number of hydrogen-bond acceptors (Lipinski definition) is 2. The van der Waals surface area contributed by atoms with E-state index in [1.165, 1.54) is 32.1 Å². The predicted molar refractivity (Wildman–Crippen MR) is 57.9 cm³/mol. The molecule has 1 aliphatic rings. The van der Waals surface area contributed by atoms with E-state index in [0.29, 0.717) is 4.58 Å². The zero-order valence-corrected chi connectivity index (χ0v) is 9.55. The van der Waals surface area contributed by atoms with Crippen LogP contribution in [0.5, 0.6) is 0 Å². The van der Waals surface area contributed by atoms with E-state index in [-0.39, 0.29) is 0 Å². The fraction of sp³-hybridized carbons (Fsp3) is 1.00. The van der Waals surface area contributed by atoms with Crippen LogP contribution in [0.4, 0.5) is 0 Å². The number of rotatable bonds is 3. The molecule has 0 heterocycles. The molecule has 1 rings (SSSR count). The molecule has 0 spiro atoms. The van der Waals surface area contributed by atoms with Crippen molar-refractivity contribution in [1.29, 1.82) is 0 Å². The highest BCUT2D eigenvalue weighted by atomic mass is 32.2. The van der Waals surface area contributed by atoms with Gasteiger partial charge in [-0.1, -0.05) is 19.3 Å². The fourth-order valence-electron chi connectivity index (χ4n) is 2.01. The summed E-state index contributed by atoms with van der Waals surface area (Å²) in [5, 5.41) is 0. The Balaban J connectivity index is 2.46. The van der Waals surface area contributed by atoms with E-state index in [1.807, 2.05) is 6.26 Å². The van der Waals surface area contributed by atoms with Crippen molar-refractivity contribution in [3.8, 4) is 0 Å². The van der Waals surface area contributed by atoms with Crippen LogP contribution in [0.3, 0.4) is 0 Å². The average Bonchev–Trinajstić information content (AvgIpc) is 2.07. The molecule has 0 bridgehead atoms. The van der Waals surface area contributed by atoms with E-state index < -0.39 is 10.8 Å². The molecule has 0 radical (unpaired) electrons. The summed E-state index contributed by atoms with van der Waals surface area (Å²) in [4.78, 5) is 0. The van der Waals surface area contributed by atoms with Gasteiger partial charge in [0.05, 0.1) is 4.58 Å². The van der Waals surface area contributed by atoms with E-state index >= 15 is 0 Å². The van der Waals surface area contributed by atoms with Gasteiger partial charge in [0, 0.05) is 17.1 Å². The van der Waals surface area contributed by atoms with Gasteiger partial charge in [-0.2, -0.15) is 0 Å². The van der Waals surface area contributed by atoms with Gasteiger partial charge in [-0.25, -0.2) is 0 Å². The van der Waals surface area contributed by atoms with Gasteiger partial charge in [-0.15, -0.1) is 11.8 Å². The molecule has 2 atom stereocenters. The second-order valence-electron chi connectivity index (χ2n) is 3.50. The largest absolute Gasteiger partial charge is 0.259 e. The maximum atomic E-state index is 11.4. The Morgan fingerprint density at radius 2 is 1.92 bits per heavy atom. The van der Waals surface area contributed by atoms with Gasteiger partial charge in [0.15, 0.2) is 0 Å². The van der Waals surface area contributed by atoms with Crippen molar-refractivity contribution < 1.29 is 4.21 Å². The molecule has 1 unspecified atom stereocenters. The summed E-state index contributed by atoms with van der Waals surface area (Å²) in [7, 11) is -0.638. The average molecular weight is 206 g/mol. The first-order chi connectivity index (χ1) is 5.75. The zero-order valence-electron chi connectivity index (χ0n) is 7.91. The standard InChI is InChI=1S/C9H18OS2/c1-11-9(12(2)10)8-6-4-3-5-7-8/h8-9H,3-7H2,1-2H3/t9-,12?/m0/s1. The lowest BCUT2D eigenvalue weighted by molar-refractivity contribution is 0.378. The molecule has 1 fully saturated rings. The maximum absolute atomic E-state index is 11.4. The summed E-state index contributed by atoms with van der Waals surface area (Å²) in [5.74, 6) is 0.722. The minimum Gasteiger partial charge on any atom is -0.259 e. The van der Waals surface area contributed by atoms with E-state index in [9.17, 15) is 4.21 Å².